The molecule has 0 saturated heterocycles. The molecule has 0 aromatic heterocycles. The molecule has 0 aliphatic heterocycles. The van der Waals surface area contributed by atoms with E-state index in [0.717, 1.165) is 5.56 Å². The second-order valence-corrected chi connectivity index (χ2v) is 9.01. The van der Waals surface area contributed by atoms with Crippen LogP contribution in [0.2, 0.25) is 10.0 Å². The molecule has 0 aliphatic carbocycles. The predicted molar refractivity (Wildman–Crippen MR) is 147 cm³/mol. The molecule has 3 aromatic rings. The largest absolute Gasteiger partial charge is 0.479 e. The van der Waals surface area contributed by atoms with Crippen molar-refractivity contribution in [2.75, 3.05) is 6.61 Å². The molecule has 2 atom stereocenters. The zero-order chi connectivity index (χ0) is 27.5. The molecule has 0 unspecified atom stereocenters. The number of esters is 1. The highest BCUT2D eigenvalue weighted by Crippen LogP contribution is 2.28. The third kappa shape index (κ3) is 8.61. The topological polar surface area (TPSA) is 106 Å². The Labute approximate surface area is 230 Å². The predicted octanol–water partition coefficient (Wildman–Crippen LogP) is 4.82. The molecule has 0 heterocycles. The van der Waals surface area contributed by atoms with Crippen LogP contribution >= 0.6 is 23.2 Å². The highest BCUT2D eigenvalue weighted by molar-refractivity contribution is 6.35. The first-order valence-corrected chi connectivity index (χ1v) is 12.6. The quantitative estimate of drug-likeness (QED) is 0.200. The molecule has 0 aliphatic rings. The number of carbonyl (C=O) groups is 3. The Balaban J connectivity index is 1.66. The second kappa shape index (κ2) is 14.2. The van der Waals surface area contributed by atoms with Crippen LogP contribution < -0.4 is 15.5 Å². The summed E-state index contributed by atoms with van der Waals surface area (Å²) in [5, 5.41) is 7.43. The number of nitrogens with one attached hydrogen (secondary N) is 2. The summed E-state index contributed by atoms with van der Waals surface area (Å²) < 4.78 is 10.6. The Morgan fingerprint density at radius 3 is 2.34 bits per heavy atom. The van der Waals surface area contributed by atoms with E-state index in [1.807, 2.05) is 30.3 Å². The molecule has 3 aromatic carbocycles. The SMILES string of the molecule is CCOC(=O)c1ccc(/C=N\NC(=O)[C@H](Cc2ccccc2)NC(=O)[C@H](C)Oc2ccc(Cl)cc2Cl)cc1. The van der Waals surface area contributed by atoms with Crippen molar-refractivity contribution in [3.63, 3.8) is 0 Å². The number of hydrogen-bond acceptors (Lipinski definition) is 6. The molecule has 0 saturated carbocycles. The van der Waals surface area contributed by atoms with Crippen molar-refractivity contribution in [1.82, 2.24) is 10.7 Å². The Morgan fingerprint density at radius 1 is 0.974 bits per heavy atom. The zero-order valence-electron chi connectivity index (χ0n) is 20.8. The fraction of sp³-hybridized carbons (Fsp3) is 0.214. The number of halogens is 2. The van der Waals surface area contributed by atoms with E-state index >= 15 is 0 Å². The van der Waals surface area contributed by atoms with Crippen LogP contribution in [0.5, 0.6) is 5.75 Å². The summed E-state index contributed by atoms with van der Waals surface area (Å²) >= 11 is 12.1. The standard InChI is InChI=1S/C28H27Cl2N3O5/c1-3-37-28(36)21-11-9-20(10-12-21)17-31-33-27(35)24(15-19-7-5-4-6-8-19)32-26(34)18(2)38-25-14-13-22(29)16-23(25)30/h4-14,16-18,24H,3,15H2,1-2H3,(H,32,34)(H,33,35)/b31-17-/t18-,24-/m0/s1. The molecule has 0 fully saturated rings. The van der Waals surface area contributed by atoms with Gasteiger partial charge in [0.15, 0.2) is 6.10 Å². The number of amides is 2. The summed E-state index contributed by atoms with van der Waals surface area (Å²) in [5.41, 5.74) is 4.38. The minimum Gasteiger partial charge on any atom is -0.479 e. The van der Waals surface area contributed by atoms with Crippen molar-refractivity contribution < 1.29 is 23.9 Å². The first-order chi connectivity index (χ1) is 18.3. The second-order valence-electron chi connectivity index (χ2n) is 8.16. The Morgan fingerprint density at radius 2 is 1.68 bits per heavy atom. The normalized spacial score (nSPS) is 12.4. The molecule has 198 valence electrons. The van der Waals surface area contributed by atoms with Crippen LogP contribution in [0.15, 0.2) is 77.9 Å². The van der Waals surface area contributed by atoms with E-state index in [0.29, 0.717) is 21.9 Å². The van der Waals surface area contributed by atoms with E-state index in [1.165, 1.54) is 12.3 Å². The minimum atomic E-state index is -0.943. The number of benzene rings is 3. The van der Waals surface area contributed by atoms with Crippen LogP contribution in [0.3, 0.4) is 0 Å². The summed E-state index contributed by atoms with van der Waals surface area (Å²) in [4.78, 5) is 37.7. The highest BCUT2D eigenvalue weighted by atomic mass is 35.5. The number of carbonyl (C=O) groups excluding carboxylic acids is 3. The van der Waals surface area contributed by atoms with E-state index in [4.69, 9.17) is 32.7 Å². The van der Waals surface area contributed by atoms with Gasteiger partial charge in [-0.1, -0.05) is 65.7 Å². The van der Waals surface area contributed by atoms with E-state index in [9.17, 15) is 14.4 Å². The van der Waals surface area contributed by atoms with Crippen LogP contribution in [0.1, 0.15) is 35.3 Å². The van der Waals surface area contributed by atoms with Crippen molar-refractivity contribution in [2.24, 2.45) is 5.10 Å². The Bertz CT molecular complexity index is 1280. The third-order valence-electron chi connectivity index (χ3n) is 5.29. The van der Waals surface area contributed by atoms with Gasteiger partial charge in [-0.15, -0.1) is 0 Å². The number of ether oxygens (including phenoxy) is 2. The van der Waals surface area contributed by atoms with E-state index in [1.54, 1.807) is 50.2 Å². The first kappa shape index (κ1) is 28.7. The van der Waals surface area contributed by atoms with Gasteiger partial charge in [-0.05, 0) is 55.3 Å². The molecule has 0 bridgehead atoms. The monoisotopic (exact) mass is 555 g/mol. The van der Waals surface area contributed by atoms with Crippen LogP contribution in [0.4, 0.5) is 0 Å². The fourth-order valence-electron chi connectivity index (χ4n) is 3.33. The maximum atomic E-state index is 13.0. The number of hydrazone groups is 1. The lowest BCUT2D eigenvalue weighted by atomic mass is 10.1. The lowest BCUT2D eigenvalue weighted by Gasteiger charge is -2.21. The summed E-state index contributed by atoms with van der Waals surface area (Å²) in [5.74, 6) is -1.15. The van der Waals surface area contributed by atoms with Gasteiger partial charge in [0.1, 0.15) is 11.8 Å². The number of hydrogen-bond donors (Lipinski definition) is 2. The molecule has 2 amide bonds. The Kier molecular flexibility index (Phi) is 10.7. The van der Waals surface area contributed by atoms with Crippen molar-refractivity contribution in [2.45, 2.75) is 32.4 Å². The van der Waals surface area contributed by atoms with Crippen LogP contribution in [0.25, 0.3) is 0 Å². The van der Waals surface area contributed by atoms with Gasteiger partial charge >= 0.3 is 5.97 Å². The smallest absolute Gasteiger partial charge is 0.338 e. The van der Waals surface area contributed by atoms with Crippen LogP contribution in [-0.4, -0.2) is 42.8 Å². The van der Waals surface area contributed by atoms with Crippen molar-refractivity contribution in [3.05, 3.63) is 99.5 Å². The molecule has 0 spiro atoms. The fourth-order valence-corrected chi connectivity index (χ4v) is 3.78. The maximum absolute atomic E-state index is 13.0. The summed E-state index contributed by atoms with van der Waals surface area (Å²) in [6.45, 7) is 3.57. The third-order valence-corrected chi connectivity index (χ3v) is 5.82. The van der Waals surface area contributed by atoms with Crippen LogP contribution in [-0.2, 0) is 20.7 Å². The van der Waals surface area contributed by atoms with Gasteiger partial charge in [0, 0.05) is 11.4 Å². The molecular weight excluding hydrogens is 529 g/mol. The van der Waals surface area contributed by atoms with Gasteiger partial charge in [0.25, 0.3) is 11.8 Å². The van der Waals surface area contributed by atoms with E-state index in [2.05, 4.69) is 15.8 Å². The highest BCUT2D eigenvalue weighted by Gasteiger charge is 2.25. The van der Waals surface area contributed by atoms with Crippen molar-refractivity contribution in [3.8, 4) is 5.75 Å². The molecular formula is C28H27Cl2N3O5. The molecule has 0 radical (unpaired) electrons. The summed E-state index contributed by atoms with van der Waals surface area (Å²) in [7, 11) is 0. The van der Waals surface area contributed by atoms with Gasteiger partial charge in [0.05, 0.1) is 23.4 Å². The van der Waals surface area contributed by atoms with Gasteiger partial charge in [0.2, 0.25) is 0 Å². The zero-order valence-corrected chi connectivity index (χ0v) is 22.3. The molecule has 8 nitrogen and oxygen atoms in total. The number of rotatable bonds is 11. The van der Waals surface area contributed by atoms with Crippen LogP contribution in [0, 0.1) is 0 Å². The van der Waals surface area contributed by atoms with E-state index < -0.39 is 29.9 Å². The van der Waals surface area contributed by atoms with Crippen molar-refractivity contribution >= 4 is 47.2 Å². The lowest BCUT2D eigenvalue weighted by Crippen LogP contribution is -2.50. The molecule has 2 N–H and O–H groups in total. The number of nitrogens with zero attached hydrogens (tertiary/aromatic N) is 1. The minimum absolute atomic E-state index is 0.233. The Hall–Kier alpha value is -3.88. The van der Waals surface area contributed by atoms with Gasteiger partial charge in [-0.25, -0.2) is 10.2 Å². The summed E-state index contributed by atoms with van der Waals surface area (Å²) in [6, 6.07) is 19.6. The average Bonchev–Trinajstić information content (AvgIpc) is 2.90. The van der Waals surface area contributed by atoms with Gasteiger partial charge < -0.3 is 14.8 Å². The van der Waals surface area contributed by atoms with Crippen molar-refractivity contribution in [1.29, 1.82) is 0 Å². The lowest BCUT2D eigenvalue weighted by molar-refractivity contribution is -0.132. The average molecular weight is 556 g/mol. The molecule has 3 rings (SSSR count). The first-order valence-electron chi connectivity index (χ1n) is 11.8. The molecule has 38 heavy (non-hydrogen) atoms. The van der Waals surface area contributed by atoms with Gasteiger partial charge in [-0.2, -0.15) is 5.10 Å². The van der Waals surface area contributed by atoms with Gasteiger partial charge in [-0.3, -0.25) is 9.59 Å². The summed E-state index contributed by atoms with van der Waals surface area (Å²) in [6.07, 6.45) is 0.722. The van der Waals surface area contributed by atoms with E-state index in [-0.39, 0.29) is 18.1 Å². The maximum Gasteiger partial charge on any atom is 0.338 e. The molecule has 10 heteroatoms.